The standard InChI is InChI=1S/C38H48ClN3O4/c1-26(25-46-35-13-18-40-34-10-5-4-9-32(34)35)21-28-22-27-11-12-31(45-20-19-42(2)3)24-33(27)37(28)14-16-38(17-15-37,36(43)44)41-30-8-6-7-29(39)23-30/h6-8,11-13,18,23-24,26,28,41H,4-5,9-10,14-17,19-22,25H2,1-3H3,(H,43,44)/t26-,28?,37?,38?/m1/s1. The van der Waals surface area contributed by atoms with E-state index in [-0.39, 0.29) is 5.41 Å². The minimum absolute atomic E-state index is 0.116. The van der Waals surface area contributed by atoms with E-state index in [4.69, 9.17) is 21.1 Å². The highest BCUT2D eigenvalue weighted by Crippen LogP contribution is 2.56. The molecule has 3 aromatic rings. The summed E-state index contributed by atoms with van der Waals surface area (Å²) < 4.78 is 12.7. The number of nitrogens with one attached hydrogen (secondary N) is 1. The molecular weight excluding hydrogens is 598 g/mol. The molecule has 1 aromatic heterocycles. The molecule has 1 unspecified atom stereocenters. The molecule has 0 saturated heterocycles. The van der Waals surface area contributed by atoms with Gasteiger partial charge in [-0.05, 0) is 143 Å². The fourth-order valence-electron chi connectivity index (χ4n) is 8.17. The monoisotopic (exact) mass is 645 g/mol. The van der Waals surface area contributed by atoms with Crippen LogP contribution in [0.25, 0.3) is 0 Å². The summed E-state index contributed by atoms with van der Waals surface area (Å²) in [5.74, 6) is 1.82. The summed E-state index contributed by atoms with van der Waals surface area (Å²) in [4.78, 5) is 19.6. The molecule has 8 heteroatoms. The second-order valence-corrected chi connectivity index (χ2v) is 14.6. The highest BCUT2D eigenvalue weighted by Gasteiger charge is 2.54. The Morgan fingerprint density at radius 3 is 2.65 bits per heavy atom. The Morgan fingerprint density at radius 2 is 1.89 bits per heavy atom. The number of halogens is 1. The Bertz CT molecular complexity index is 1530. The minimum atomic E-state index is -1.04. The van der Waals surface area contributed by atoms with Gasteiger partial charge in [0, 0.05) is 34.7 Å². The first-order valence-electron chi connectivity index (χ1n) is 17.0. The van der Waals surface area contributed by atoms with Crippen molar-refractivity contribution in [3.63, 3.8) is 0 Å². The number of hydrogen-bond acceptors (Lipinski definition) is 6. The molecule has 2 aromatic carbocycles. The van der Waals surface area contributed by atoms with E-state index in [1.807, 2.05) is 50.6 Å². The van der Waals surface area contributed by atoms with Gasteiger partial charge in [-0.25, -0.2) is 4.79 Å². The van der Waals surface area contributed by atoms with E-state index in [9.17, 15) is 9.90 Å². The SMILES string of the molecule is C[C@@H](COc1ccnc2c1CCCC2)CC1Cc2ccc(OCCN(C)C)cc2C12CCC(Nc1cccc(Cl)c1)(C(=O)O)CC2. The Hall–Kier alpha value is -3.29. The van der Waals surface area contributed by atoms with Crippen LogP contribution in [0.15, 0.2) is 54.7 Å². The summed E-state index contributed by atoms with van der Waals surface area (Å²) in [5.41, 5.74) is 4.78. The van der Waals surface area contributed by atoms with Crippen LogP contribution in [0, 0.1) is 11.8 Å². The van der Waals surface area contributed by atoms with Crippen LogP contribution >= 0.6 is 11.6 Å². The smallest absolute Gasteiger partial charge is 0.329 e. The van der Waals surface area contributed by atoms with Crippen LogP contribution in [0.3, 0.4) is 0 Å². The number of ether oxygens (including phenoxy) is 2. The van der Waals surface area contributed by atoms with Crippen molar-refractivity contribution in [2.24, 2.45) is 11.8 Å². The summed E-state index contributed by atoms with van der Waals surface area (Å²) >= 11 is 6.26. The van der Waals surface area contributed by atoms with Crippen molar-refractivity contribution < 1.29 is 19.4 Å². The van der Waals surface area contributed by atoms with Gasteiger partial charge in [-0.15, -0.1) is 0 Å². The molecular formula is C38H48ClN3O4. The Labute approximate surface area is 278 Å². The molecule has 3 aliphatic rings. The van der Waals surface area contributed by atoms with Crippen molar-refractivity contribution in [2.75, 3.05) is 39.2 Å². The molecule has 0 amide bonds. The third-order valence-corrected chi connectivity index (χ3v) is 10.9. The van der Waals surface area contributed by atoms with Crippen LogP contribution < -0.4 is 14.8 Å². The normalized spacial score (nSPS) is 24.3. The van der Waals surface area contributed by atoms with Crippen LogP contribution in [-0.2, 0) is 29.5 Å². The number of pyridine rings is 1. The molecule has 1 heterocycles. The van der Waals surface area contributed by atoms with E-state index in [2.05, 4.69) is 40.3 Å². The molecule has 1 fully saturated rings. The van der Waals surface area contributed by atoms with E-state index < -0.39 is 11.5 Å². The van der Waals surface area contributed by atoms with E-state index in [1.54, 1.807) is 0 Å². The first-order valence-corrected chi connectivity index (χ1v) is 17.3. The predicted octanol–water partition coefficient (Wildman–Crippen LogP) is 7.58. The summed E-state index contributed by atoms with van der Waals surface area (Å²) in [6.07, 6.45) is 11.0. The van der Waals surface area contributed by atoms with E-state index in [1.165, 1.54) is 35.2 Å². The van der Waals surface area contributed by atoms with Crippen LogP contribution in [-0.4, -0.2) is 60.4 Å². The fourth-order valence-corrected chi connectivity index (χ4v) is 8.36. The lowest BCUT2D eigenvalue weighted by molar-refractivity contribution is -0.144. The van der Waals surface area contributed by atoms with Gasteiger partial charge >= 0.3 is 5.97 Å². The highest BCUT2D eigenvalue weighted by atomic mass is 35.5. The maximum absolute atomic E-state index is 12.9. The quantitative estimate of drug-likeness (QED) is 0.210. The molecule has 46 heavy (non-hydrogen) atoms. The third-order valence-electron chi connectivity index (χ3n) is 10.7. The highest BCUT2D eigenvalue weighted by molar-refractivity contribution is 6.30. The molecule has 0 bridgehead atoms. The van der Waals surface area contributed by atoms with Gasteiger partial charge in [0.05, 0.1) is 6.61 Å². The Morgan fingerprint density at radius 1 is 1.09 bits per heavy atom. The maximum atomic E-state index is 12.9. The van der Waals surface area contributed by atoms with Crippen LogP contribution in [0.5, 0.6) is 11.5 Å². The molecule has 2 atom stereocenters. The van der Waals surface area contributed by atoms with Gasteiger partial charge in [0.25, 0.3) is 0 Å². The lowest BCUT2D eigenvalue weighted by Crippen LogP contribution is -2.53. The average molecular weight is 646 g/mol. The average Bonchev–Trinajstić information content (AvgIpc) is 3.32. The zero-order valence-corrected chi connectivity index (χ0v) is 28.2. The van der Waals surface area contributed by atoms with Crippen LogP contribution in [0.4, 0.5) is 5.69 Å². The number of hydrogen-bond donors (Lipinski definition) is 2. The fraction of sp³-hybridized carbons (Fsp3) is 0.526. The van der Waals surface area contributed by atoms with E-state index in [0.717, 1.165) is 62.3 Å². The number of aliphatic carboxylic acids is 1. The van der Waals surface area contributed by atoms with Gasteiger partial charge in [0.15, 0.2) is 0 Å². The lowest BCUT2D eigenvalue weighted by atomic mass is 9.59. The molecule has 246 valence electrons. The van der Waals surface area contributed by atoms with Crippen molar-refractivity contribution in [1.29, 1.82) is 0 Å². The molecule has 3 aliphatic carbocycles. The number of aryl methyl sites for hydroxylation is 1. The van der Waals surface area contributed by atoms with Gasteiger partial charge in [-0.3, -0.25) is 4.98 Å². The van der Waals surface area contributed by atoms with Crippen molar-refractivity contribution in [3.8, 4) is 11.5 Å². The number of likely N-dealkylation sites (N-methyl/N-ethyl adjacent to an activating group) is 1. The molecule has 7 nitrogen and oxygen atoms in total. The third kappa shape index (κ3) is 6.86. The lowest BCUT2D eigenvalue weighted by Gasteiger charge is -2.47. The molecule has 1 saturated carbocycles. The number of carboxylic acids is 1. The summed E-state index contributed by atoms with van der Waals surface area (Å²) in [7, 11) is 4.10. The summed E-state index contributed by atoms with van der Waals surface area (Å²) in [6.45, 7) is 4.43. The molecule has 0 aliphatic heterocycles. The van der Waals surface area contributed by atoms with E-state index in [0.29, 0.717) is 42.9 Å². The number of fused-ring (bicyclic) bond motifs is 3. The van der Waals surface area contributed by atoms with Crippen molar-refractivity contribution >= 4 is 23.3 Å². The Kier molecular flexibility index (Phi) is 9.81. The largest absolute Gasteiger partial charge is 0.493 e. The topological polar surface area (TPSA) is 83.9 Å². The van der Waals surface area contributed by atoms with Crippen molar-refractivity contribution in [3.05, 3.63) is 82.1 Å². The predicted molar refractivity (Wildman–Crippen MR) is 183 cm³/mol. The van der Waals surface area contributed by atoms with Crippen molar-refractivity contribution in [1.82, 2.24) is 9.88 Å². The van der Waals surface area contributed by atoms with Gasteiger partial charge in [0.2, 0.25) is 0 Å². The number of carboxylic acid groups (broad SMARTS) is 1. The molecule has 0 radical (unpaired) electrons. The first-order chi connectivity index (χ1) is 22.2. The first kappa shape index (κ1) is 32.6. The number of nitrogens with zero attached hydrogens (tertiary/aromatic N) is 2. The second kappa shape index (κ2) is 13.8. The van der Waals surface area contributed by atoms with Gasteiger partial charge < -0.3 is 24.8 Å². The molecule has 6 rings (SSSR count). The minimum Gasteiger partial charge on any atom is -0.493 e. The van der Waals surface area contributed by atoms with E-state index >= 15 is 0 Å². The van der Waals surface area contributed by atoms with Crippen LogP contribution in [0.1, 0.15) is 74.3 Å². The molecule has 2 N–H and O–H groups in total. The molecule has 1 spiro atoms. The Balaban J connectivity index is 1.23. The maximum Gasteiger partial charge on any atom is 0.329 e. The zero-order chi connectivity index (χ0) is 32.3. The van der Waals surface area contributed by atoms with Crippen molar-refractivity contribution in [2.45, 2.75) is 82.1 Å². The van der Waals surface area contributed by atoms with Gasteiger partial charge in [0.1, 0.15) is 23.6 Å². The number of benzene rings is 2. The number of aromatic nitrogens is 1. The second-order valence-electron chi connectivity index (χ2n) is 14.1. The number of carbonyl (C=O) groups is 1. The van der Waals surface area contributed by atoms with Crippen LogP contribution in [0.2, 0.25) is 5.02 Å². The number of anilines is 1. The zero-order valence-electron chi connectivity index (χ0n) is 27.5. The summed E-state index contributed by atoms with van der Waals surface area (Å²) in [6, 6.07) is 16.0. The van der Waals surface area contributed by atoms with Gasteiger partial charge in [-0.1, -0.05) is 30.7 Å². The van der Waals surface area contributed by atoms with Gasteiger partial charge in [-0.2, -0.15) is 0 Å². The number of rotatable bonds is 12. The summed E-state index contributed by atoms with van der Waals surface area (Å²) in [5, 5.41) is 14.6.